The normalized spacial score (nSPS) is 16.4. The molecule has 1 saturated heterocycles. The molecule has 0 aliphatic carbocycles. The van der Waals surface area contributed by atoms with E-state index in [2.05, 4.69) is 10.3 Å². The van der Waals surface area contributed by atoms with Crippen LogP contribution in [0.3, 0.4) is 0 Å². The van der Waals surface area contributed by atoms with Crippen LogP contribution in [-0.4, -0.2) is 55.2 Å². The first-order valence-corrected chi connectivity index (χ1v) is 12.0. The molecule has 188 valence electrons. The lowest BCUT2D eigenvalue weighted by molar-refractivity contribution is -0.132. The van der Waals surface area contributed by atoms with Gasteiger partial charge in [-0.05, 0) is 43.2 Å². The maximum atomic E-state index is 13.0. The van der Waals surface area contributed by atoms with Gasteiger partial charge in [-0.3, -0.25) is 14.6 Å². The van der Waals surface area contributed by atoms with Crippen LogP contribution in [0.2, 0.25) is 0 Å². The van der Waals surface area contributed by atoms with Crippen LogP contribution in [0.25, 0.3) is 0 Å². The van der Waals surface area contributed by atoms with Gasteiger partial charge >= 0.3 is 10.2 Å². The van der Waals surface area contributed by atoms with Crippen molar-refractivity contribution in [3.8, 4) is 0 Å². The van der Waals surface area contributed by atoms with E-state index in [9.17, 15) is 29.0 Å². The van der Waals surface area contributed by atoms with E-state index in [0.29, 0.717) is 30.8 Å². The first kappa shape index (κ1) is 27.0. The van der Waals surface area contributed by atoms with E-state index >= 15 is 0 Å². The second-order valence-electron chi connectivity index (χ2n) is 7.57. The number of benzene rings is 1. The average Bonchev–Trinajstić information content (AvgIpc) is 3.33. The molecule has 1 fully saturated rings. The molecule has 2 aromatic rings. The lowest BCUT2D eigenvalue weighted by atomic mass is 10.1. The molecule has 1 aliphatic rings. The lowest BCUT2D eigenvalue weighted by Gasteiger charge is -2.40. The number of hydrogen-bond donors (Lipinski definition) is 1. The molecule has 1 aliphatic heterocycles. The summed E-state index contributed by atoms with van der Waals surface area (Å²) in [4.78, 5) is 38.1. The second-order valence-corrected chi connectivity index (χ2v) is 9.98. The summed E-state index contributed by atoms with van der Waals surface area (Å²) in [6, 6.07) is 4.46. The maximum absolute atomic E-state index is 13.0. The zero-order valence-electron chi connectivity index (χ0n) is 18.3. The van der Waals surface area contributed by atoms with E-state index in [0.717, 1.165) is 25.0 Å². The largest absolute Gasteiger partial charge is 0.359 e. The highest BCUT2D eigenvalue weighted by molar-refractivity contribution is 8.45. The number of amides is 2. The fraction of sp³-hybridized carbons (Fsp3) is 0.333. The van der Waals surface area contributed by atoms with Gasteiger partial charge in [-0.15, -0.1) is 0 Å². The van der Waals surface area contributed by atoms with Gasteiger partial charge in [0.1, 0.15) is 17.7 Å². The molecule has 0 spiro atoms. The average molecular weight is 509 g/mol. The van der Waals surface area contributed by atoms with Crippen molar-refractivity contribution in [2.24, 2.45) is 0 Å². The Labute approximate surface area is 193 Å². The number of carbonyl (C=O) groups is 3. The fourth-order valence-corrected chi connectivity index (χ4v) is 4.16. The molecule has 1 N–H and O–H groups in total. The van der Waals surface area contributed by atoms with Gasteiger partial charge in [0.25, 0.3) is 0 Å². The third kappa shape index (κ3) is 6.89. The summed E-state index contributed by atoms with van der Waals surface area (Å²) in [5.74, 6) is -0.812. The number of aromatic nitrogens is 1. The van der Waals surface area contributed by atoms with Crippen LogP contribution >= 0.6 is 10.2 Å². The number of carbonyl (C=O) groups excluding carboxylic acids is 3. The fourth-order valence-electron chi connectivity index (χ4n) is 3.51. The minimum absolute atomic E-state index is 0.102. The van der Waals surface area contributed by atoms with Gasteiger partial charge in [-0.25, -0.2) is 0 Å². The Kier molecular flexibility index (Phi) is 7.60. The number of nitrogens with one attached hydrogen (secondary N) is 1. The topological polar surface area (TPSA) is 82.6 Å². The van der Waals surface area contributed by atoms with Crippen molar-refractivity contribution in [2.45, 2.75) is 23.8 Å². The number of nitrogens with zero attached hydrogens (tertiary/aromatic N) is 3. The summed E-state index contributed by atoms with van der Waals surface area (Å²) in [5, 5.41) is 2.56. The summed E-state index contributed by atoms with van der Waals surface area (Å²) in [5.41, 5.74) is 0.517. The molecule has 1 atom stereocenters. The third-order valence-electron chi connectivity index (χ3n) is 5.20. The number of hydrogen-bond acceptors (Lipinski definition) is 5. The molecule has 13 heteroatoms. The van der Waals surface area contributed by atoms with Crippen molar-refractivity contribution in [2.75, 3.05) is 31.6 Å². The number of halogens is 5. The SMILES string of the molecule is C=O.CN(c1ccc(S(F)(F)(F)(F)F)cc1)C(C(=O)NCC(=O)N1CCCC1)c1cccnc1. The van der Waals surface area contributed by atoms with Crippen LogP contribution < -0.4 is 10.2 Å². The quantitative estimate of drug-likeness (QED) is 0.558. The molecular weight excluding hydrogens is 483 g/mol. The van der Waals surface area contributed by atoms with Gasteiger partial charge in [0.15, 0.2) is 0 Å². The lowest BCUT2D eigenvalue weighted by Crippen LogP contribution is -2.44. The molecule has 2 amide bonds. The van der Waals surface area contributed by atoms with E-state index in [1.165, 1.54) is 24.3 Å². The van der Waals surface area contributed by atoms with Crippen molar-refractivity contribution in [1.82, 2.24) is 15.2 Å². The summed E-state index contributed by atoms with van der Waals surface area (Å²) >= 11 is 0. The van der Waals surface area contributed by atoms with Gasteiger partial charge in [0, 0.05) is 43.8 Å². The van der Waals surface area contributed by atoms with Crippen LogP contribution in [0, 0.1) is 0 Å². The molecule has 0 bridgehead atoms. The molecule has 2 heterocycles. The monoisotopic (exact) mass is 508 g/mol. The molecule has 3 rings (SSSR count). The minimum atomic E-state index is -9.80. The Bertz CT molecular complexity index is 1000. The Morgan fingerprint density at radius 1 is 1.09 bits per heavy atom. The van der Waals surface area contributed by atoms with E-state index in [1.807, 2.05) is 6.79 Å². The summed E-state index contributed by atoms with van der Waals surface area (Å²) in [6.07, 6.45) is 4.69. The molecule has 7 nitrogen and oxygen atoms in total. The van der Waals surface area contributed by atoms with Gasteiger partial charge in [0.2, 0.25) is 11.8 Å². The van der Waals surface area contributed by atoms with Crippen molar-refractivity contribution in [3.63, 3.8) is 0 Å². The predicted molar refractivity (Wildman–Crippen MR) is 119 cm³/mol. The van der Waals surface area contributed by atoms with Gasteiger partial charge < -0.3 is 19.9 Å². The zero-order valence-corrected chi connectivity index (χ0v) is 19.1. The summed E-state index contributed by atoms with van der Waals surface area (Å²) < 4.78 is 65.1. The van der Waals surface area contributed by atoms with Gasteiger partial charge in [-0.1, -0.05) is 25.5 Å². The number of rotatable bonds is 7. The zero-order chi connectivity index (χ0) is 25.6. The van der Waals surface area contributed by atoms with Gasteiger partial charge in [-0.2, -0.15) is 0 Å². The molecule has 1 aromatic carbocycles. The van der Waals surface area contributed by atoms with Crippen LogP contribution in [0.15, 0.2) is 53.7 Å². The van der Waals surface area contributed by atoms with E-state index in [4.69, 9.17) is 4.79 Å². The van der Waals surface area contributed by atoms with Crippen molar-refractivity contribution in [1.29, 1.82) is 0 Å². The maximum Gasteiger partial charge on any atom is 0.310 e. The van der Waals surface area contributed by atoms with Crippen LogP contribution in [0.1, 0.15) is 24.4 Å². The number of pyridine rings is 1. The molecule has 0 radical (unpaired) electrons. The van der Waals surface area contributed by atoms with E-state index < -0.39 is 27.1 Å². The standard InChI is InChI=1S/C20H23F5N4O2S.CH2O/c1-28(16-6-8-17(9-7-16)32(21,22,23,24)25)19(15-5-4-10-26-13-15)20(31)27-14-18(30)29-11-2-3-12-29;1-2/h4-10,13,19H,2-3,11-12,14H2,1H3,(H,27,31);1H2. The highest BCUT2D eigenvalue weighted by atomic mass is 32.5. The molecule has 1 aromatic heterocycles. The predicted octanol–water partition coefficient (Wildman–Crippen LogP) is 4.47. The molecule has 34 heavy (non-hydrogen) atoms. The number of likely N-dealkylation sites (tertiary alicyclic amines) is 1. The molecule has 1 unspecified atom stereocenters. The smallest absolute Gasteiger partial charge is 0.310 e. The molecular formula is C21H25F5N4O3S. The Morgan fingerprint density at radius 2 is 1.68 bits per heavy atom. The van der Waals surface area contributed by atoms with Gasteiger partial charge in [0.05, 0.1) is 6.54 Å². The Hall–Kier alpha value is -3.22. The second kappa shape index (κ2) is 9.57. The van der Waals surface area contributed by atoms with Crippen molar-refractivity contribution >= 4 is 34.5 Å². The van der Waals surface area contributed by atoms with Crippen LogP contribution in [0.4, 0.5) is 25.1 Å². The van der Waals surface area contributed by atoms with E-state index in [-0.39, 0.29) is 18.1 Å². The summed E-state index contributed by atoms with van der Waals surface area (Å²) in [6.45, 7) is 3.02. The number of anilines is 1. The Balaban J connectivity index is 0.00000199. The Morgan fingerprint density at radius 3 is 2.18 bits per heavy atom. The van der Waals surface area contributed by atoms with Crippen LogP contribution in [-0.2, 0) is 14.4 Å². The first-order valence-electron chi connectivity index (χ1n) is 10.1. The van der Waals surface area contributed by atoms with Crippen molar-refractivity contribution in [3.05, 3.63) is 54.4 Å². The van der Waals surface area contributed by atoms with Crippen LogP contribution in [0.5, 0.6) is 0 Å². The van der Waals surface area contributed by atoms with Crippen molar-refractivity contribution < 1.29 is 33.8 Å². The highest BCUT2D eigenvalue weighted by Crippen LogP contribution is 3.02. The van der Waals surface area contributed by atoms with E-state index in [1.54, 1.807) is 17.0 Å². The highest BCUT2D eigenvalue weighted by Gasteiger charge is 2.65. The first-order chi connectivity index (χ1) is 15.8. The minimum Gasteiger partial charge on any atom is -0.359 e. The summed E-state index contributed by atoms with van der Waals surface area (Å²) in [7, 11) is -8.37. The third-order valence-corrected chi connectivity index (χ3v) is 6.36. The molecule has 0 saturated carbocycles. The number of likely N-dealkylation sites (N-methyl/N-ethyl adjacent to an activating group) is 1.